The van der Waals surface area contributed by atoms with E-state index in [1.54, 1.807) is 18.3 Å². The van der Waals surface area contributed by atoms with Crippen LogP contribution in [0.2, 0.25) is 0 Å². The zero-order chi connectivity index (χ0) is 12.1. The topological polar surface area (TPSA) is 87.6 Å². The van der Waals surface area contributed by atoms with Crippen molar-refractivity contribution in [2.45, 2.75) is 6.54 Å². The molecular formula is C12H11N5. The van der Waals surface area contributed by atoms with Gasteiger partial charge in [0.25, 0.3) is 0 Å². The average Bonchev–Trinajstić information content (AvgIpc) is 2.39. The smallest absolute Gasteiger partial charge is 0.101 e. The minimum Gasteiger partial charge on any atom is -0.396 e. The SMILES string of the molecule is N#Cc1cccc(NCc2cccnn2)c1N. The van der Waals surface area contributed by atoms with Gasteiger partial charge in [-0.1, -0.05) is 6.07 Å². The van der Waals surface area contributed by atoms with Crippen molar-refractivity contribution >= 4 is 11.4 Å². The Morgan fingerprint density at radius 1 is 1.29 bits per heavy atom. The van der Waals surface area contributed by atoms with Gasteiger partial charge in [0, 0.05) is 6.20 Å². The molecule has 0 unspecified atom stereocenters. The van der Waals surface area contributed by atoms with Gasteiger partial charge >= 0.3 is 0 Å². The van der Waals surface area contributed by atoms with Crippen molar-refractivity contribution in [1.82, 2.24) is 10.2 Å². The maximum atomic E-state index is 8.85. The fourth-order valence-electron chi connectivity index (χ4n) is 1.43. The number of hydrogen-bond acceptors (Lipinski definition) is 5. The second kappa shape index (κ2) is 4.94. The minimum atomic E-state index is 0.457. The van der Waals surface area contributed by atoms with E-state index in [1.165, 1.54) is 0 Å². The van der Waals surface area contributed by atoms with Gasteiger partial charge in [0.1, 0.15) is 6.07 Å². The van der Waals surface area contributed by atoms with Gasteiger partial charge < -0.3 is 11.1 Å². The summed E-state index contributed by atoms with van der Waals surface area (Å²) in [7, 11) is 0. The lowest BCUT2D eigenvalue weighted by Crippen LogP contribution is -2.05. The van der Waals surface area contributed by atoms with E-state index in [2.05, 4.69) is 15.5 Å². The number of anilines is 2. The normalized spacial score (nSPS) is 9.59. The van der Waals surface area contributed by atoms with Crippen molar-refractivity contribution < 1.29 is 0 Å². The summed E-state index contributed by atoms with van der Waals surface area (Å²) in [4.78, 5) is 0. The van der Waals surface area contributed by atoms with E-state index in [-0.39, 0.29) is 0 Å². The molecule has 1 aromatic heterocycles. The highest BCUT2D eigenvalue weighted by Gasteiger charge is 2.03. The number of nitrogen functional groups attached to an aromatic ring is 1. The molecule has 0 radical (unpaired) electrons. The second-order valence-corrected chi connectivity index (χ2v) is 3.45. The van der Waals surface area contributed by atoms with Crippen LogP contribution in [0.25, 0.3) is 0 Å². The highest BCUT2D eigenvalue weighted by molar-refractivity contribution is 5.72. The van der Waals surface area contributed by atoms with E-state index in [9.17, 15) is 0 Å². The summed E-state index contributed by atoms with van der Waals surface area (Å²) in [6.45, 7) is 0.521. The van der Waals surface area contributed by atoms with E-state index in [1.807, 2.05) is 24.3 Å². The van der Waals surface area contributed by atoms with Gasteiger partial charge in [-0.15, -0.1) is 0 Å². The van der Waals surface area contributed by atoms with Crippen LogP contribution in [0.3, 0.4) is 0 Å². The van der Waals surface area contributed by atoms with Crippen LogP contribution in [-0.4, -0.2) is 10.2 Å². The quantitative estimate of drug-likeness (QED) is 0.773. The molecule has 5 nitrogen and oxygen atoms in total. The fourth-order valence-corrected chi connectivity index (χ4v) is 1.43. The Kier molecular flexibility index (Phi) is 3.17. The number of nitrogens with zero attached hydrogens (tertiary/aromatic N) is 3. The summed E-state index contributed by atoms with van der Waals surface area (Å²) >= 11 is 0. The second-order valence-electron chi connectivity index (χ2n) is 3.45. The highest BCUT2D eigenvalue weighted by atomic mass is 15.1. The molecule has 0 amide bonds. The van der Waals surface area contributed by atoms with Crippen LogP contribution < -0.4 is 11.1 Å². The third-order valence-electron chi connectivity index (χ3n) is 2.31. The van der Waals surface area contributed by atoms with Gasteiger partial charge in [-0.25, -0.2) is 0 Å². The zero-order valence-corrected chi connectivity index (χ0v) is 9.09. The molecule has 84 valence electrons. The third-order valence-corrected chi connectivity index (χ3v) is 2.31. The molecule has 2 aromatic rings. The molecule has 0 saturated heterocycles. The number of aromatic nitrogens is 2. The Hall–Kier alpha value is -2.61. The van der Waals surface area contributed by atoms with E-state index >= 15 is 0 Å². The summed E-state index contributed by atoms with van der Waals surface area (Å²) in [6.07, 6.45) is 1.62. The lowest BCUT2D eigenvalue weighted by molar-refractivity contribution is 0.925. The molecule has 0 saturated carbocycles. The van der Waals surface area contributed by atoms with Crippen molar-refractivity contribution in [3.63, 3.8) is 0 Å². The summed E-state index contributed by atoms with van der Waals surface area (Å²) in [5.41, 5.74) is 8.31. The Balaban J connectivity index is 2.13. The standard InChI is InChI=1S/C12H11N5/c13-7-9-3-1-5-11(12(9)14)15-8-10-4-2-6-16-17-10/h1-6,15H,8,14H2. The Morgan fingerprint density at radius 3 is 2.88 bits per heavy atom. The summed E-state index contributed by atoms with van der Waals surface area (Å²) in [5.74, 6) is 0. The van der Waals surface area contributed by atoms with Crippen LogP contribution in [-0.2, 0) is 6.54 Å². The molecule has 3 N–H and O–H groups in total. The van der Waals surface area contributed by atoms with Gasteiger partial charge in [-0.05, 0) is 24.3 Å². The predicted octanol–water partition coefficient (Wildman–Crippen LogP) is 1.54. The fraction of sp³-hybridized carbons (Fsp3) is 0.0833. The number of para-hydroxylation sites is 1. The summed E-state index contributed by atoms with van der Waals surface area (Å²) < 4.78 is 0. The van der Waals surface area contributed by atoms with Gasteiger partial charge in [0.15, 0.2) is 0 Å². The highest BCUT2D eigenvalue weighted by Crippen LogP contribution is 2.22. The minimum absolute atomic E-state index is 0.457. The molecule has 5 heteroatoms. The third kappa shape index (κ3) is 2.49. The lowest BCUT2D eigenvalue weighted by atomic mass is 10.1. The molecule has 0 aliphatic carbocycles. The number of benzene rings is 1. The van der Waals surface area contributed by atoms with E-state index in [4.69, 9.17) is 11.0 Å². The van der Waals surface area contributed by atoms with Crippen molar-refractivity contribution in [2.75, 3.05) is 11.1 Å². The average molecular weight is 225 g/mol. The largest absolute Gasteiger partial charge is 0.396 e. The molecule has 2 rings (SSSR count). The van der Waals surface area contributed by atoms with Crippen LogP contribution in [0, 0.1) is 11.3 Å². The zero-order valence-electron chi connectivity index (χ0n) is 9.09. The number of nitriles is 1. The number of nitrogens with one attached hydrogen (secondary N) is 1. The molecule has 0 spiro atoms. The van der Waals surface area contributed by atoms with Crippen molar-refractivity contribution in [1.29, 1.82) is 5.26 Å². The van der Waals surface area contributed by atoms with E-state index < -0.39 is 0 Å². The molecule has 1 heterocycles. The molecule has 17 heavy (non-hydrogen) atoms. The Morgan fingerprint density at radius 2 is 2.18 bits per heavy atom. The predicted molar refractivity (Wildman–Crippen MR) is 64.9 cm³/mol. The molecule has 0 fully saturated rings. The lowest BCUT2D eigenvalue weighted by Gasteiger charge is -2.09. The first-order valence-electron chi connectivity index (χ1n) is 5.10. The van der Waals surface area contributed by atoms with Gasteiger partial charge in [-0.2, -0.15) is 15.5 Å². The van der Waals surface area contributed by atoms with E-state index in [0.717, 1.165) is 11.4 Å². The first-order chi connectivity index (χ1) is 8.31. The molecule has 1 aromatic carbocycles. The molecule has 0 aliphatic heterocycles. The van der Waals surface area contributed by atoms with Gasteiger partial charge in [0.05, 0.1) is 29.2 Å². The number of hydrogen-bond donors (Lipinski definition) is 2. The van der Waals surface area contributed by atoms with E-state index in [0.29, 0.717) is 17.8 Å². The number of nitrogens with two attached hydrogens (primary N) is 1. The summed E-state index contributed by atoms with van der Waals surface area (Å²) in [5, 5.41) is 19.7. The van der Waals surface area contributed by atoms with Crippen molar-refractivity contribution in [3.05, 3.63) is 47.8 Å². The molecular weight excluding hydrogens is 214 g/mol. The van der Waals surface area contributed by atoms with Gasteiger partial charge in [0.2, 0.25) is 0 Å². The maximum absolute atomic E-state index is 8.85. The summed E-state index contributed by atoms with van der Waals surface area (Å²) in [6, 6.07) is 11.0. The van der Waals surface area contributed by atoms with Gasteiger partial charge in [-0.3, -0.25) is 0 Å². The van der Waals surface area contributed by atoms with Crippen LogP contribution in [0.5, 0.6) is 0 Å². The van der Waals surface area contributed by atoms with Crippen LogP contribution >= 0.6 is 0 Å². The van der Waals surface area contributed by atoms with Crippen LogP contribution in [0.4, 0.5) is 11.4 Å². The first kappa shape index (κ1) is 10.9. The molecule has 0 bridgehead atoms. The van der Waals surface area contributed by atoms with Crippen LogP contribution in [0.15, 0.2) is 36.5 Å². The Labute approximate surface area is 98.9 Å². The first-order valence-corrected chi connectivity index (χ1v) is 5.10. The monoisotopic (exact) mass is 225 g/mol. The number of rotatable bonds is 3. The van der Waals surface area contributed by atoms with Crippen molar-refractivity contribution in [3.8, 4) is 6.07 Å². The van der Waals surface area contributed by atoms with Crippen molar-refractivity contribution in [2.24, 2.45) is 0 Å². The molecule has 0 atom stereocenters. The van der Waals surface area contributed by atoms with Crippen LogP contribution in [0.1, 0.15) is 11.3 Å². The maximum Gasteiger partial charge on any atom is 0.101 e. The molecule has 0 aliphatic rings. The Bertz CT molecular complexity index is 545.